The smallest absolute Gasteiger partial charge is 0.335 e. The molecule has 0 spiro atoms. The second kappa shape index (κ2) is 9.82. The van der Waals surface area contributed by atoms with Gasteiger partial charge >= 0.3 is 5.97 Å². The lowest BCUT2D eigenvalue weighted by molar-refractivity contribution is -0.108. The molecule has 5 aromatic rings. The van der Waals surface area contributed by atoms with Gasteiger partial charge < -0.3 is 14.5 Å². The van der Waals surface area contributed by atoms with E-state index < -0.39 is 5.97 Å². The molecule has 6 rings (SSSR count). The van der Waals surface area contributed by atoms with Crippen LogP contribution in [0.2, 0.25) is 0 Å². The molecule has 0 atom stereocenters. The van der Waals surface area contributed by atoms with E-state index in [9.17, 15) is 19.1 Å². The first-order valence-corrected chi connectivity index (χ1v) is 12.9. The summed E-state index contributed by atoms with van der Waals surface area (Å²) in [5.41, 5.74) is 5.96. The molecule has 0 saturated heterocycles. The van der Waals surface area contributed by atoms with Crippen LogP contribution < -0.4 is 0 Å². The van der Waals surface area contributed by atoms with Crippen molar-refractivity contribution in [1.29, 1.82) is 0 Å². The fourth-order valence-electron chi connectivity index (χ4n) is 5.85. The minimum Gasteiger partial charge on any atom is -0.478 e. The van der Waals surface area contributed by atoms with Gasteiger partial charge in [-0.3, -0.25) is 4.98 Å². The van der Waals surface area contributed by atoms with E-state index in [1.54, 1.807) is 36.5 Å². The number of hydrogen-bond acceptors (Lipinski definition) is 4. The summed E-state index contributed by atoms with van der Waals surface area (Å²) in [5.74, 6) is -1.07. The van der Waals surface area contributed by atoms with E-state index in [-0.39, 0.29) is 17.9 Å². The molecule has 2 heterocycles. The Labute approximate surface area is 218 Å². The number of benzene rings is 3. The van der Waals surface area contributed by atoms with Gasteiger partial charge in [0.1, 0.15) is 12.1 Å². The van der Waals surface area contributed by atoms with Gasteiger partial charge in [0.15, 0.2) is 0 Å². The first-order valence-electron chi connectivity index (χ1n) is 12.9. The summed E-state index contributed by atoms with van der Waals surface area (Å²) in [7, 11) is 0. The molecule has 3 aromatic carbocycles. The van der Waals surface area contributed by atoms with Crippen molar-refractivity contribution >= 4 is 34.2 Å². The van der Waals surface area contributed by atoms with Gasteiger partial charge in [0.05, 0.1) is 46.2 Å². The van der Waals surface area contributed by atoms with Gasteiger partial charge in [-0.1, -0.05) is 43.5 Å². The minimum atomic E-state index is -1.01. The fraction of sp³-hybridized carbons (Fsp3) is 0.226. The predicted molar refractivity (Wildman–Crippen MR) is 145 cm³/mol. The van der Waals surface area contributed by atoms with Crippen LogP contribution in [0, 0.1) is 5.82 Å². The predicted octanol–water partition coefficient (Wildman–Crippen LogP) is 7.00. The maximum atomic E-state index is 14.5. The third-order valence-electron chi connectivity index (χ3n) is 7.59. The summed E-state index contributed by atoms with van der Waals surface area (Å²) in [6.07, 6.45) is 7.96. The summed E-state index contributed by atoms with van der Waals surface area (Å²) in [6, 6.07) is 17.5. The van der Waals surface area contributed by atoms with Crippen molar-refractivity contribution in [2.24, 2.45) is 0 Å². The molecular formula is C31H26FN3O3. The van der Waals surface area contributed by atoms with E-state index in [0.717, 1.165) is 59.7 Å². The zero-order chi connectivity index (χ0) is 26.2. The van der Waals surface area contributed by atoms with Crippen LogP contribution in [0.25, 0.3) is 44.5 Å². The van der Waals surface area contributed by atoms with Crippen LogP contribution in [0.3, 0.4) is 0 Å². The monoisotopic (exact) mass is 507 g/mol. The van der Waals surface area contributed by atoms with Crippen molar-refractivity contribution in [1.82, 2.24) is 14.5 Å². The number of halogens is 1. The second-order valence-electron chi connectivity index (χ2n) is 9.85. The first kappa shape index (κ1) is 24.0. The molecule has 38 heavy (non-hydrogen) atoms. The maximum absolute atomic E-state index is 14.5. The van der Waals surface area contributed by atoms with Crippen molar-refractivity contribution in [2.75, 3.05) is 0 Å². The van der Waals surface area contributed by atoms with Gasteiger partial charge in [-0.2, -0.15) is 0 Å². The lowest BCUT2D eigenvalue weighted by atomic mass is 9.81. The highest BCUT2D eigenvalue weighted by molar-refractivity contribution is 5.99. The molecular weight excluding hydrogens is 481 g/mol. The number of carboxylic acid groups (broad SMARTS) is 1. The topological polar surface area (TPSA) is 85.1 Å². The average molecular weight is 508 g/mol. The third-order valence-corrected chi connectivity index (χ3v) is 7.59. The van der Waals surface area contributed by atoms with Crippen LogP contribution in [0.1, 0.15) is 53.9 Å². The summed E-state index contributed by atoms with van der Waals surface area (Å²) in [6.45, 7) is 0.0978. The van der Waals surface area contributed by atoms with E-state index in [0.29, 0.717) is 28.2 Å². The van der Waals surface area contributed by atoms with Crippen LogP contribution in [0.4, 0.5) is 4.39 Å². The van der Waals surface area contributed by atoms with Gasteiger partial charge in [0, 0.05) is 16.5 Å². The normalized spacial score (nSPS) is 14.2. The molecule has 1 saturated carbocycles. The van der Waals surface area contributed by atoms with E-state index in [2.05, 4.69) is 4.98 Å². The number of aldehydes is 1. The Morgan fingerprint density at radius 3 is 2.61 bits per heavy atom. The van der Waals surface area contributed by atoms with Gasteiger partial charge in [-0.15, -0.1) is 0 Å². The highest BCUT2D eigenvalue weighted by Crippen LogP contribution is 2.44. The molecule has 0 radical (unpaired) electrons. The third kappa shape index (κ3) is 4.14. The van der Waals surface area contributed by atoms with Crippen molar-refractivity contribution in [3.8, 4) is 22.5 Å². The van der Waals surface area contributed by atoms with Crippen molar-refractivity contribution in [3.05, 3.63) is 83.8 Å². The fourth-order valence-corrected chi connectivity index (χ4v) is 5.85. The van der Waals surface area contributed by atoms with Crippen LogP contribution in [0.15, 0.2) is 66.9 Å². The number of carboxylic acids is 1. The average Bonchev–Trinajstić information content (AvgIpc) is 3.26. The summed E-state index contributed by atoms with van der Waals surface area (Å²) >= 11 is 0. The molecule has 1 aliphatic carbocycles. The number of fused-ring (bicyclic) bond motifs is 2. The van der Waals surface area contributed by atoms with Crippen molar-refractivity contribution < 1.29 is 19.1 Å². The van der Waals surface area contributed by atoms with Crippen molar-refractivity contribution in [3.63, 3.8) is 0 Å². The number of rotatable bonds is 6. The molecule has 2 aromatic heterocycles. The molecule has 0 unspecified atom stereocenters. The molecule has 6 nitrogen and oxygen atoms in total. The largest absolute Gasteiger partial charge is 0.478 e. The SMILES string of the molecule is O=CCn1c(-c2ccc3ncc(-c4ccccc4F)nc3c2)c(C2CCCCC2)c2ccc(C(=O)O)cc21. The number of nitrogens with zero attached hydrogens (tertiary/aromatic N) is 3. The summed E-state index contributed by atoms with van der Waals surface area (Å²) in [4.78, 5) is 32.9. The van der Waals surface area contributed by atoms with Gasteiger partial charge in [-0.05, 0) is 60.7 Å². The lowest BCUT2D eigenvalue weighted by Gasteiger charge is -2.23. The standard InChI is InChI=1S/C31H26FN3O3/c32-24-9-5-4-8-22(24)27-18-33-25-13-11-20(16-26(25)34-27)30-29(19-6-2-1-3-7-19)23-12-10-21(31(37)38)17-28(23)35(30)14-15-36/h4-5,8-13,15-19H,1-3,6-7,14H2,(H,37,38). The Balaban J connectivity index is 1.60. The van der Waals surface area contributed by atoms with Crippen molar-refractivity contribution in [2.45, 2.75) is 44.6 Å². The molecule has 0 bridgehead atoms. The number of aromatic nitrogens is 3. The summed E-state index contributed by atoms with van der Waals surface area (Å²) in [5, 5.41) is 10.6. The zero-order valence-electron chi connectivity index (χ0n) is 20.7. The van der Waals surface area contributed by atoms with Gasteiger partial charge in [0.25, 0.3) is 0 Å². The number of carbonyl (C=O) groups is 2. The highest BCUT2D eigenvalue weighted by Gasteiger charge is 2.27. The minimum absolute atomic E-state index is 0.0978. The molecule has 1 aliphatic rings. The van der Waals surface area contributed by atoms with E-state index in [4.69, 9.17) is 4.98 Å². The Kier molecular flexibility index (Phi) is 6.19. The van der Waals surface area contributed by atoms with Crippen LogP contribution >= 0.6 is 0 Å². The Hall–Kier alpha value is -4.39. The number of carbonyl (C=O) groups excluding carboxylic acids is 1. The van der Waals surface area contributed by atoms with E-state index in [1.165, 1.54) is 12.5 Å². The second-order valence-corrected chi connectivity index (χ2v) is 9.85. The number of hydrogen-bond donors (Lipinski definition) is 1. The molecule has 0 amide bonds. The van der Waals surface area contributed by atoms with Crippen LogP contribution in [0.5, 0.6) is 0 Å². The molecule has 1 fully saturated rings. The van der Waals surface area contributed by atoms with E-state index in [1.807, 2.05) is 28.8 Å². The van der Waals surface area contributed by atoms with Gasteiger partial charge in [0.2, 0.25) is 0 Å². The van der Waals surface area contributed by atoms with E-state index >= 15 is 0 Å². The maximum Gasteiger partial charge on any atom is 0.335 e. The highest BCUT2D eigenvalue weighted by atomic mass is 19.1. The molecule has 190 valence electrons. The Morgan fingerprint density at radius 2 is 1.84 bits per heavy atom. The number of aromatic carboxylic acids is 1. The first-order chi connectivity index (χ1) is 18.5. The molecule has 7 heteroatoms. The van der Waals surface area contributed by atoms with Crippen LogP contribution in [-0.4, -0.2) is 31.9 Å². The lowest BCUT2D eigenvalue weighted by Crippen LogP contribution is -2.08. The molecule has 0 aliphatic heterocycles. The summed E-state index contributed by atoms with van der Waals surface area (Å²) < 4.78 is 16.4. The molecule has 1 N–H and O–H groups in total. The zero-order valence-corrected chi connectivity index (χ0v) is 20.7. The Morgan fingerprint density at radius 1 is 1.03 bits per heavy atom. The Bertz CT molecular complexity index is 1700. The van der Waals surface area contributed by atoms with Gasteiger partial charge in [-0.25, -0.2) is 14.2 Å². The van der Waals surface area contributed by atoms with Crippen LogP contribution in [-0.2, 0) is 11.3 Å². The quantitative estimate of drug-likeness (QED) is 0.250.